The lowest BCUT2D eigenvalue weighted by molar-refractivity contribution is -0.135. The summed E-state index contributed by atoms with van der Waals surface area (Å²) in [4.78, 5) is 25.8. The highest BCUT2D eigenvalue weighted by molar-refractivity contribution is 5.93. The average molecular weight is 451 g/mol. The Balaban J connectivity index is 1.37. The lowest BCUT2D eigenvalue weighted by Gasteiger charge is -2.38. The lowest BCUT2D eigenvalue weighted by Crippen LogP contribution is -2.44. The van der Waals surface area contributed by atoms with Gasteiger partial charge in [-0.3, -0.25) is 9.89 Å². The third kappa shape index (κ3) is 4.01. The third-order valence-electron chi connectivity index (χ3n) is 6.94. The predicted molar refractivity (Wildman–Crippen MR) is 125 cm³/mol. The number of carbonyl (C=O) groups is 1. The number of methoxy groups -OCH3 is 1. The Morgan fingerprint density at radius 1 is 1.15 bits per heavy atom. The Morgan fingerprint density at radius 3 is 2.67 bits per heavy atom. The third-order valence-corrected chi connectivity index (χ3v) is 6.94. The molecule has 2 aromatic heterocycles. The minimum atomic E-state index is -0.185. The number of hydrogen-bond acceptors (Lipinski definition) is 7. The van der Waals surface area contributed by atoms with Crippen molar-refractivity contribution in [2.24, 2.45) is 5.41 Å². The van der Waals surface area contributed by atoms with Crippen molar-refractivity contribution in [1.29, 1.82) is 0 Å². The summed E-state index contributed by atoms with van der Waals surface area (Å²) >= 11 is 0. The molecule has 3 aromatic rings. The second kappa shape index (κ2) is 8.62. The minimum absolute atomic E-state index is 0.0533. The summed E-state index contributed by atoms with van der Waals surface area (Å²) in [7, 11) is 3.57. The van der Waals surface area contributed by atoms with E-state index in [-0.39, 0.29) is 11.5 Å². The highest BCUT2D eigenvalue weighted by Gasteiger charge is 2.47. The number of anilines is 1. The summed E-state index contributed by atoms with van der Waals surface area (Å²) in [6.07, 6.45) is 4.22. The molecule has 1 unspecified atom stereocenters. The maximum atomic E-state index is 12.6. The van der Waals surface area contributed by atoms with Crippen LogP contribution in [0.2, 0.25) is 0 Å². The first-order valence-electron chi connectivity index (χ1n) is 11.5. The molecule has 5 rings (SSSR count). The molecule has 2 saturated heterocycles. The van der Waals surface area contributed by atoms with Crippen LogP contribution in [0.4, 0.5) is 5.82 Å². The number of piperidine rings is 1. The van der Waals surface area contributed by atoms with Crippen LogP contribution in [0.5, 0.6) is 5.75 Å². The van der Waals surface area contributed by atoms with Crippen molar-refractivity contribution in [1.82, 2.24) is 25.1 Å². The van der Waals surface area contributed by atoms with Crippen LogP contribution in [-0.4, -0.2) is 77.5 Å². The molecule has 1 spiro atoms. The summed E-state index contributed by atoms with van der Waals surface area (Å²) in [5.74, 6) is 1.92. The van der Waals surface area contributed by atoms with Gasteiger partial charge in [0.25, 0.3) is 0 Å². The van der Waals surface area contributed by atoms with E-state index in [1.54, 1.807) is 13.4 Å². The fourth-order valence-electron chi connectivity index (χ4n) is 5.03. The number of aromatic amines is 1. The number of hydrogen-bond donors (Lipinski definition) is 1. The van der Waals surface area contributed by atoms with Gasteiger partial charge in [-0.05, 0) is 44.4 Å². The molecule has 4 heterocycles. The van der Waals surface area contributed by atoms with Gasteiger partial charge in [0.05, 0.1) is 23.2 Å². The van der Waals surface area contributed by atoms with Crippen molar-refractivity contribution in [3.05, 3.63) is 30.6 Å². The molecule has 33 heavy (non-hydrogen) atoms. The van der Waals surface area contributed by atoms with Crippen LogP contribution >= 0.6 is 0 Å². The smallest absolute Gasteiger partial charge is 0.228 e. The van der Waals surface area contributed by atoms with E-state index in [1.807, 2.05) is 43.1 Å². The van der Waals surface area contributed by atoms with Crippen molar-refractivity contribution in [2.75, 3.05) is 45.3 Å². The van der Waals surface area contributed by atoms with Gasteiger partial charge in [-0.1, -0.05) is 0 Å². The molecule has 9 heteroatoms. The van der Waals surface area contributed by atoms with E-state index >= 15 is 0 Å². The van der Waals surface area contributed by atoms with Crippen LogP contribution in [-0.2, 0) is 9.53 Å². The topological polar surface area (TPSA) is 96.5 Å². The molecule has 1 aromatic carbocycles. The van der Waals surface area contributed by atoms with Gasteiger partial charge in [-0.25, -0.2) is 9.97 Å². The molecule has 0 saturated carbocycles. The minimum Gasteiger partial charge on any atom is -0.488 e. The van der Waals surface area contributed by atoms with E-state index < -0.39 is 0 Å². The summed E-state index contributed by atoms with van der Waals surface area (Å²) in [5.41, 5.74) is 2.25. The fraction of sp³-hybridized carbons (Fsp3) is 0.500. The number of benzene rings is 1. The quantitative estimate of drug-likeness (QED) is 0.617. The Bertz CT molecular complexity index is 1150. The first-order valence-corrected chi connectivity index (χ1v) is 11.5. The molecule has 174 valence electrons. The molecule has 0 radical (unpaired) electrons. The van der Waals surface area contributed by atoms with E-state index in [2.05, 4.69) is 25.1 Å². The Kier molecular flexibility index (Phi) is 5.65. The molecule has 2 fully saturated rings. The van der Waals surface area contributed by atoms with Gasteiger partial charge in [0.2, 0.25) is 5.91 Å². The number of nitrogens with zero attached hydrogens (tertiary/aromatic N) is 5. The first-order chi connectivity index (χ1) is 16.0. The van der Waals surface area contributed by atoms with Crippen LogP contribution in [0.15, 0.2) is 30.6 Å². The van der Waals surface area contributed by atoms with Gasteiger partial charge in [-0.2, -0.15) is 5.10 Å². The number of amides is 1. The monoisotopic (exact) mass is 450 g/mol. The van der Waals surface area contributed by atoms with Crippen LogP contribution in [0, 0.1) is 5.41 Å². The Hall–Kier alpha value is -3.20. The summed E-state index contributed by atoms with van der Waals surface area (Å²) in [6, 6.07) is 7.85. The van der Waals surface area contributed by atoms with Gasteiger partial charge >= 0.3 is 0 Å². The maximum Gasteiger partial charge on any atom is 0.228 e. The van der Waals surface area contributed by atoms with E-state index in [4.69, 9.17) is 9.47 Å². The van der Waals surface area contributed by atoms with Crippen LogP contribution in [0.1, 0.15) is 26.2 Å². The van der Waals surface area contributed by atoms with Crippen molar-refractivity contribution >= 4 is 22.6 Å². The van der Waals surface area contributed by atoms with Crippen molar-refractivity contribution in [2.45, 2.75) is 32.3 Å². The molecule has 1 atom stereocenters. The van der Waals surface area contributed by atoms with Gasteiger partial charge in [0.1, 0.15) is 29.7 Å². The molecule has 0 bridgehead atoms. The normalized spacial score (nSPS) is 18.9. The summed E-state index contributed by atoms with van der Waals surface area (Å²) in [5, 5.41) is 8.55. The van der Waals surface area contributed by atoms with Crippen molar-refractivity contribution in [3.8, 4) is 17.1 Å². The lowest BCUT2D eigenvalue weighted by atomic mass is 9.77. The van der Waals surface area contributed by atoms with Gasteiger partial charge < -0.3 is 19.3 Å². The van der Waals surface area contributed by atoms with Crippen LogP contribution in [0.25, 0.3) is 22.3 Å². The zero-order valence-corrected chi connectivity index (χ0v) is 19.4. The van der Waals surface area contributed by atoms with Gasteiger partial charge in [0, 0.05) is 45.2 Å². The number of likely N-dealkylation sites (tertiary alicyclic amines) is 1. The van der Waals surface area contributed by atoms with E-state index in [0.29, 0.717) is 12.5 Å². The number of rotatable bonds is 6. The van der Waals surface area contributed by atoms with Gasteiger partial charge in [-0.15, -0.1) is 0 Å². The van der Waals surface area contributed by atoms with E-state index in [9.17, 15) is 4.79 Å². The molecule has 1 amide bonds. The molecular formula is C24H30N6O3. The van der Waals surface area contributed by atoms with E-state index in [1.165, 1.54) is 0 Å². The van der Waals surface area contributed by atoms with Crippen molar-refractivity contribution in [3.63, 3.8) is 0 Å². The standard InChI is InChI=1S/C24H30N6O3/c1-16(14-32-3)33-17-4-5-19-18(12-17)22(28-27-19)20-13-21(26-15-25-20)30-10-7-24(8-11-30)6-9-29(2)23(24)31/h4-5,12-13,15-16H,6-11,14H2,1-3H3,(H,27,28). The second-order valence-corrected chi connectivity index (χ2v) is 9.17. The van der Waals surface area contributed by atoms with Gasteiger partial charge in [0.15, 0.2) is 0 Å². The summed E-state index contributed by atoms with van der Waals surface area (Å²) < 4.78 is 11.1. The number of ether oxygens (including phenoxy) is 2. The second-order valence-electron chi connectivity index (χ2n) is 9.17. The highest BCUT2D eigenvalue weighted by atomic mass is 16.5. The van der Waals surface area contributed by atoms with Crippen LogP contribution in [0.3, 0.4) is 0 Å². The molecular weight excluding hydrogens is 420 g/mol. The summed E-state index contributed by atoms with van der Waals surface area (Å²) in [6.45, 7) is 4.98. The Morgan fingerprint density at radius 2 is 1.94 bits per heavy atom. The molecule has 1 N–H and O–H groups in total. The maximum absolute atomic E-state index is 12.6. The molecule has 2 aliphatic heterocycles. The molecule has 0 aliphatic carbocycles. The number of aromatic nitrogens is 4. The first kappa shape index (κ1) is 21.6. The van der Waals surface area contributed by atoms with Crippen LogP contribution < -0.4 is 9.64 Å². The zero-order chi connectivity index (χ0) is 23.0. The average Bonchev–Trinajstić information content (AvgIpc) is 3.37. The fourth-order valence-corrected chi connectivity index (χ4v) is 5.03. The molecule has 9 nitrogen and oxygen atoms in total. The largest absolute Gasteiger partial charge is 0.488 e. The molecule has 2 aliphatic rings. The van der Waals surface area contributed by atoms with E-state index in [0.717, 1.165) is 72.8 Å². The highest BCUT2D eigenvalue weighted by Crippen LogP contribution is 2.42. The number of carbonyl (C=O) groups excluding carboxylic acids is 1. The SMILES string of the molecule is COCC(C)Oc1ccc2[nH]nc(-c3cc(N4CCC5(CCN(C)C5=O)CC4)ncn3)c2c1. The Labute approximate surface area is 193 Å². The number of nitrogens with one attached hydrogen (secondary N) is 1. The zero-order valence-electron chi connectivity index (χ0n) is 19.4. The predicted octanol–water partition coefficient (Wildman–Crippen LogP) is 2.88. The van der Waals surface area contributed by atoms with Crippen molar-refractivity contribution < 1.29 is 14.3 Å². The number of H-pyrrole nitrogens is 1. The number of fused-ring (bicyclic) bond motifs is 1.